The Morgan fingerprint density at radius 3 is 2.43 bits per heavy atom. The van der Waals surface area contributed by atoms with Crippen LogP contribution in [0, 0.1) is 11.8 Å². The van der Waals surface area contributed by atoms with E-state index in [0.717, 1.165) is 11.8 Å². The Morgan fingerprint density at radius 2 is 2.00 bits per heavy atom. The van der Waals surface area contributed by atoms with Crippen LogP contribution in [0.5, 0.6) is 0 Å². The Labute approximate surface area is 97.7 Å². The van der Waals surface area contributed by atoms with Crippen LogP contribution in [0.4, 0.5) is 0 Å². The lowest BCUT2D eigenvalue weighted by Gasteiger charge is -2.19. The average Bonchev–Trinajstić information content (AvgIpc) is 2.14. The molecule has 2 heteroatoms. The van der Waals surface area contributed by atoms with Crippen molar-refractivity contribution in [3.05, 3.63) is 11.0 Å². The highest BCUT2D eigenvalue weighted by Crippen LogP contribution is 2.30. The molecule has 0 N–H and O–H groups in total. The van der Waals surface area contributed by atoms with Crippen molar-refractivity contribution in [3.63, 3.8) is 0 Å². The summed E-state index contributed by atoms with van der Waals surface area (Å²) in [7, 11) is 3.72. The minimum Gasteiger partial charge on any atom is -0.0927 e. The van der Waals surface area contributed by atoms with Crippen molar-refractivity contribution in [3.8, 4) is 0 Å². The summed E-state index contributed by atoms with van der Waals surface area (Å²) >= 11 is 0. The van der Waals surface area contributed by atoms with Gasteiger partial charge in [0.25, 0.3) is 0 Å². The van der Waals surface area contributed by atoms with Crippen molar-refractivity contribution in [2.75, 3.05) is 6.26 Å². The van der Waals surface area contributed by atoms with E-state index in [1.807, 2.05) is 21.6 Å². The Bertz CT molecular complexity index is 164. The van der Waals surface area contributed by atoms with E-state index in [0.29, 0.717) is 0 Å². The van der Waals surface area contributed by atoms with Gasteiger partial charge in [0.2, 0.25) is 0 Å². The molecule has 0 aliphatic heterocycles. The molecule has 0 spiro atoms. The predicted octanol–water partition coefficient (Wildman–Crippen LogP) is 5.36. The standard InChI is InChI=1S/C12H24S2/c1-6-8-12(7-2)10(3)9-11(4)14-13-5/h9-10,12H,6-8H2,1-5H3/b11-9+. The molecule has 2 atom stereocenters. The second-order valence-corrected chi connectivity index (χ2v) is 6.49. The fourth-order valence-corrected chi connectivity index (χ4v) is 3.36. The van der Waals surface area contributed by atoms with Gasteiger partial charge >= 0.3 is 0 Å². The number of allylic oxidation sites excluding steroid dienone is 2. The molecule has 0 rings (SSSR count). The minimum absolute atomic E-state index is 0.736. The first-order valence-electron chi connectivity index (χ1n) is 5.54. The van der Waals surface area contributed by atoms with Crippen LogP contribution in [0.15, 0.2) is 11.0 Å². The van der Waals surface area contributed by atoms with Crippen molar-refractivity contribution in [1.82, 2.24) is 0 Å². The van der Waals surface area contributed by atoms with E-state index in [2.05, 4.69) is 40.0 Å². The molecule has 0 aliphatic carbocycles. The molecular formula is C12H24S2. The fourth-order valence-electron chi connectivity index (χ4n) is 1.88. The Kier molecular flexibility index (Phi) is 9.00. The molecule has 0 saturated carbocycles. The monoisotopic (exact) mass is 232 g/mol. The third-order valence-electron chi connectivity index (χ3n) is 2.64. The summed E-state index contributed by atoms with van der Waals surface area (Å²) < 4.78 is 0. The van der Waals surface area contributed by atoms with Crippen molar-refractivity contribution in [2.45, 2.75) is 47.0 Å². The second kappa shape index (κ2) is 8.72. The largest absolute Gasteiger partial charge is 0.0927 e. The third-order valence-corrected chi connectivity index (χ3v) is 4.49. The molecule has 0 aromatic rings. The highest BCUT2D eigenvalue weighted by Gasteiger charge is 2.12. The highest BCUT2D eigenvalue weighted by atomic mass is 33.1. The zero-order valence-electron chi connectivity index (χ0n) is 10.2. The molecule has 0 fully saturated rings. The Hall–Kier alpha value is 0.440. The molecule has 0 bridgehead atoms. The molecule has 0 radical (unpaired) electrons. The normalized spacial score (nSPS) is 16.8. The van der Waals surface area contributed by atoms with Gasteiger partial charge in [0.1, 0.15) is 0 Å². The average molecular weight is 232 g/mol. The highest BCUT2D eigenvalue weighted by molar-refractivity contribution is 8.77. The number of hydrogen-bond donors (Lipinski definition) is 0. The smallest absolute Gasteiger partial charge is 0.00758 e. The minimum atomic E-state index is 0.736. The summed E-state index contributed by atoms with van der Waals surface area (Å²) in [6.07, 6.45) is 8.56. The lowest BCUT2D eigenvalue weighted by molar-refractivity contribution is 0.375. The van der Waals surface area contributed by atoms with E-state index in [-0.39, 0.29) is 0 Å². The maximum Gasteiger partial charge on any atom is -0.00758 e. The molecule has 0 aliphatic rings. The summed E-state index contributed by atoms with van der Waals surface area (Å²) in [6, 6.07) is 0. The van der Waals surface area contributed by atoms with Crippen molar-refractivity contribution in [1.29, 1.82) is 0 Å². The van der Waals surface area contributed by atoms with Crippen LogP contribution in [-0.2, 0) is 0 Å². The first kappa shape index (κ1) is 14.4. The van der Waals surface area contributed by atoms with Gasteiger partial charge in [-0.3, -0.25) is 0 Å². The number of rotatable bonds is 7. The summed E-state index contributed by atoms with van der Waals surface area (Å²) in [5.41, 5.74) is 0. The molecule has 0 nitrogen and oxygen atoms in total. The zero-order chi connectivity index (χ0) is 11.0. The summed E-state index contributed by atoms with van der Waals surface area (Å²) in [6.45, 7) is 9.16. The molecule has 2 unspecified atom stereocenters. The van der Waals surface area contributed by atoms with Crippen LogP contribution < -0.4 is 0 Å². The molecule has 0 heterocycles. The maximum absolute atomic E-state index is 2.44. The van der Waals surface area contributed by atoms with Crippen molar-refractivity contribution >= 4 is 21.6 Å². The molecule has 84 valence electrons. The lowest BCUT2D eigenvalue weighted by Crippen LogP contribution is -2.08. The molecule has 0 aromatic carbocycles. The van der Waals surface area contributed by atoms with Gasteiger partial charge < -0.3 is 0 Å². The first-order chi connectivity index (χ1) is 6.65. The van der Waals surface area contributed by atoms with Crippen LogP contribution in [-0.4, -0.2) is 6.26 Å². The zero-order valence-corrected chi connectivity index (χ0v) is 11.8. The molecular weight excluding hydrogens is 208 g/mol. The van der Waals surface area contributed by atoms with E-state index in [1.54, 1.807) is 0 Å². The molecule has 14 heavy (non-hydrogen) atoms. The van der Waals surface area contributed by atoms with Gasteiger partial charge in [0, 0.05) is 0 Å². The SMILES string of the molecule is CCCC(CC)C(C)/C=C(\C)SSC. The van der Waals surface area contributed by atoms with Gasteiger partial charge in [-0.2, -0.15) is 0 Å². The van der Waals surface area contributed by atoms with E-state index < -0.39 is 0 Å². The first-order valence-corrected chi connectivity index (χ1v) is 8.10. The van der Waals surface area contributed by atoms with E-state index in [4.69, 9.17) is 0 Å². The van der Waals surface area contributed by atoms with Gasteiger partial charge in [-0.25, -0.2) is 0 Å². The fraction of sp³-hybridized carbons (Fsp3) is 0.833. The van der Waals surface area contributed by atoms with Crippen molar-refractivity contribution in [2.24, 2.45) is 11.8 Å². The van der Waals surface area contributed by atoms with Gasteiger partial charge in [-0.05, 0) is 29.9 Å². The van der Waals surface area contributed by atoms with Gasteiger partial charge in [0.15, 0.2) is 0 Å². The van der Waals surface area contributed by atoms with E-state index in [1.165, 1.54) is 24.2 Å². The number of hydrogen-bond acceptors (Lipinski definition) is 2. The van der Waals surface area contributed by atoms with Crippen LogP contribution >= 0.6 is 21.6 Å². The van der Waals surface area contributed by atoms with Crippen molar-refractivity contribution < 1.29 is 0 Å². The second-order valence-electron chi connectivity index (χ2n) is 3.84. The third kappa shape index (κ3) is 6.02. The Morgan fingerprint density at radius 1 is 1.36 bits per heavy atom. The van der Waals surface area contributed by atoms with Crippen LogP contribution in [0.3, 0.4) is 0 Å². The maximum atomic E-state index is 2.44. The van der Waals surface area contributed by atoms with E-state index in [9.17, 15) is 0 Å². The van der Waals surface area contributed by atoms with Crippen LogP contribution in [0.25, 0.3) is 0 Å². The quantitative estimate of drug-likeness (QED) is 0.542. The molecule has 0 amide bonds. The van der Waals surface area contributed by atoms with E-state index >= 15 is 0 Å². The summed E-state index contributed by atoms with van der Waals surface area (Å²) in [5, 5.41) is 0. The topological polar surface area (TPSA) is 0 Å². The van der Waals surface area contributed by atoms with Gasteiger partial charge in [-0.1, -0.05) is 67.7 Å². The van der Waals surface area contributed by atoms with Crippen LogP contribution in [0.2, 0.25) is 0 Å². The molecule has 0 saturated heterocycles. The Balaban J connectivity index is 4.13. The van der Waals surface area contributed by atoms with Crippen LogP contribution in [0.1, 0.15) is 47.0 Å². The summed E-state index contributed by atoms with van der Waals surface area (Å²) in [4.78, 5) is 1.46. The molecule has 0 aromatic heterocycles. The lowest BCUT2D eigenvalue weighted by atomic mass is 9.87. The van der Waals surface area contributed by atoms with Gasteiger partial charge in [-0.15, -0.1) is 0 Å². The van der Waals surface area contributed by atoms with Gasteiger partial charge in [0.05, 0.1) is 0 Å². The summed E-state index contributed by atoms with van der Waals surface area (Å²) in [5.74, 6) is 1.61. The predicted molar refractivity (Wildman–Crippen MR) is 72.7 cm³/mol.